The summed E-state index contributed by atoms with van der Waals surface area (Å²) in [6.45, 7) is 19.1. The summed E-state index contributed by atoms with van der Waals surface area (Å²) in [4.78, 5) is 26.3. The lowest BCUT2D eigenvalue weighted by molar-refractivity contribution is 0.0137. The van der Waals surface area contributed by atoms with Crippen LogP contribution in [0.2, 0.25) is 0 Å². The van der Waals surface area contributed by atoms with Gasteiger partial charge >= 0.3 is 6.09 Å². The average Bonchev–Trinajstić information content (AvgIpc) is 3.09. The topological polar surface area (TPSA) is 63.6 Å². The molecule has 2 saturated heterocycles. The van der Waals surface area contributed by atoms with Crippen LogP contribution >= 0.6 is 0 Å². The van der Waals surface area contributed by atoms with Crippen LogP contribution in [0.25, 0.3) is 0 Å². The van der Waals surface area contributed by atoms with Crippen LogP contribution in [-0.4, -0.2) is 115 Å². The lowest BCUT2D eigenvalue weighted by atomic mass is 10.2. The molecule has 1 N–H and O–H groups in total. The molecule has 0 spiro atoms. The number of nitrogens with one attached hydrogen (secondary N) is 1. The Hall–Kier alpha value is -1.54. The van der Waals surface area contributed by atoms with Crippen LogP contribution in [0.4, 0.5) is 4.79 Å². The molecular formula is C21H40N6O2. The Bertz CT molecular complexity index is 568. The number of aliphatic imine (C=N–C) groups is 1. The first kappa shape index (κ1) is 22.2. The monoisotopic (exact) mass is 408 g/mol. The number of amides is 1. The molecule has 0 radical (unpaired) electrons. The minimum atomic E-state index is -0.448. The summed E-state index contributed by atoms with van der Waals surface area (Å²) in [5.74, 6) is 1.01. The summed E-state index contributed by atoms with van der Waals surface area (Å²) < 4.78 is 5.52. The van der Waals surface area contributed by atoms with Crippen molar-refractivity contribution in [2.24, 2.45) is 4.99 Å². The molecule has 3 rings (SSSR count). The summed E-state index contributed by atoms with van der Waals surface area (Å²) in [6, 6.07) is 0.272. The number of piperazine rings is 2. The molecule has 29 heavy (non-hydrogen) atoms. The molecule has 8 nitrogen and oxygen atoms in total. The van der Waals surface area contributed by atoms with Gasteiger partial charge in [-0.2, -0.15) is 0 Å². The van der Waals surface area contributed by atoms with E-state index in [1.54, 1.807) is 0 Å². The van der Waals surface area contributed by atoms with Crippen molar-refractivity contribution in [2.75, 3.05) is 72.0 Å². The lowest BCUT2D eigenvalue weighted by Gasteiger charge is -2.39. The van der Waals surface area contributed by atoms with Gasteiger partial charge in [0, 0.05) is 52.4 Å². The van der Waals surface area contributed by atoms with Gasteiger partial charge in [-0.3, -0.25) is 4.99 Å². The Labute approximate surface area is 176 Å². The number of nitrogens with zero attached hydrogens (tertiary/aromatic N) is 5. The summed E-state index contributed by atoms with van der Waals surface area (Å²) in [5.41, 5.74) is -0.448. The molecule has 2 fully saturated rings. The molecule has 0 bridgehead atoms. The third kappa shape index (κ3) is 6.47. The molecular weight excluding hydrogens is 368 g/mol. The number of rotatable bonds is 6. The van der Waals surface area contributed by atoms with E-state index >= 15 is 0 Å². The molecule has 3 heterocycles. The molecule has 0 aromatic heterocycles. The van der Waals surface area contributed by atoms with Crippen LogP contribution in [0.1, 0.15) is 40.5 Å². The van der Waals surface area contributed by atoms with Gasteiger partial charge in [0.05, 0.1) is 12.6 Å². The number of hydrogen-bond donors (Lipinski definition) is 1. The highest BCUT2D eigenvalue weighted by molar-refractivity contribution is 5.82. The Kier molecular flexibility index (Phi) is 7.62. The molecule has 166 valence electrons. The largest absolute Gasteiger partial charge is 0.444 e. The highest BCUT2D eigenvalue weighted by Crippen LogP contribution is 2.18. The van der Waals surface area contributed by atoms with E-state index in [0.29, 0.717) is 13.1 Å². The predicted molar refractivity (Wildman–Crippen MR) is 116 cm³/mol. The zero-order valence-corrected chi connectivity index (χ0v) is 18.8. The normalized spacial score (nSPS) is 23.7. The summed E-state index contributed by atoms with van der Waals surface area (Å²) in [7, 11) is 0. The Morgan fingerprint density at radius 2 is 1.83 bits per heavy atom. The van der Waals surface area contributed by atoms with Crippen LogP contribution in [0, 0.1) is 0 Å². The van der Waals surface area contributed by atoms with E-state index in [1.165, 1.54) is 45.7 Å². The fourth-order valence-corrected chi connectivity index (χ4v) is 4.21. The van der Waals surface area contributed by atoms with E-state index in [-0.39, 0.29) is 12.1 Å². The summed E-state index contributed by atoms with van der Waals surface area (Å²) in [6.07, 6.45) is 2.18. The maximum absolute atomic E-state index is 12.3. The zero-order chi connectivity index (χ0) is 20.9. The van der Waals surface area contributed by atoms with E-state index in [4.69, 9.17) is 9.73 Å². The maximum atomic E-state index is 12.3. The zero-order valence-electron chi connectivity index (χ0n) is 18.8. The van der Waals surface area contributed by atoms with Gasteiger partial charge in [0.25, 0.3) is 0 Å². The first-order chi connectivity index (χ1) is 13.9. The number of guanidine groups is 1. The van der Waals surface area contributed by atoms with Gasteiger partial charge in [0.2, 0.25) is 0 Å². The summed E-state index contributed by atoms with van der Waals surface area (Å²) in [5, 5.41) is 3.53. The SMILES string of the molecule is CCN1CCN(CCCCNC2=NCC3CN(C(=O)OC(C)(C)C)CCN23)CC1. The van der Waals surface area contributed by atoms with Crippen LogP contribution in [0.15, 0.2) is 4.99 Å². The van der Waals surface area contributed by atoms with Gasteiger partial charge in [0.1, 0.15) is 5.60 Å². The quantitative estimate of drug-likeness (QED) is 0.668. The van der Waals surface area contributed by atoms with Gasteiger partial charge in [-0.1, -0.05) is 6.92 Å². The number of carbonyl (C=O) groups excluding carboxylic acids is 1. The molecule has 1 atom stereocenters. The maximum Gasteiger partial charge on any atom is 0.410 e. The fourth-order valence-electron chi connectivity index (χ4n) is 4.21. The van der Waals surface area contributed by atoms with E-state index in [2.05, 4.69) is 26.9 Å². The number of fused-ring (bicyclic) bond motifs is 1. The fraction of sp³-hybridized carbons (Fsp3) is 0.905. The van der Waals surface area contributed by atoms with Crippen molar-refractivity contribution >= 4 is 12.1 Å². The molecule has 0 aromatic carbocycles. The summed E-state index contributed by atoms with van der Waals surface area (Å²) >= 11 is 0. The number of hydrogen-bond acceptors (Lipinski definition) is 7. The lowest BCUT2D eigenvalue weighted by Crippen LogP contribution is -2.57. The number of unbranched alkanes of at least 4 members (excludes halogenated alkanes) is 1. The average molecular weight is 409 g/mol. The number of carbonyl (C=O) groups is 1. The van der Waals surface area contributed by atoms with Crippen molar-refractivity contribution < 1.29 is 9.53 Å². The van der Waals surface area contributed by atoms with Crippen LogP contribution in [-0.2, 0) is 4.74 Å². The molecule has 1 unspecified atom stereocenters. The van der Waals surface area contributed by atoms with Gasteiger partial charge in [-0.05, 0) is 46.7 Å². The molecule has 3 aliphatic heterocycles. The van der Waals surface area contributed by atoms with Crippen LogP contribution in [0.3, 0.4) is 0 Å². The number of ether oxygens (including phenoxy) is 1. The first-order valence-electron chi connectivity index (χ1n) is 11.3. The van der Waals surface area contributed by atoms with Crippen molar-refractivity contribution in [1.82, 2.24) is 24.9 Å². The highest BCUT2D eigenvalue weighted by Gasteiger charge is 2.36. The molecule has 3 aliphatic rings. The van der Waals surface area contributed by atoms with E-state index in [9.17, 15) is 4.79 Å². The van der Waals surface area contributed by atoms with Gasteiger partial charge in [-0.15, -0.1) is 0 Å². The van der Waals surface area contributed by atoms with Crippen molar-refractivity contribution in [3.63, 3.8) is 0 Å². The third-order valence-corrected chi connectivity index (χ3v) is 5.95. The number of likely N-dealkylation sites (N-methyl/N-ethyl adjacent to an activating group) is 1. The van der Waals surface area contributed by atoms with Crippen molar-refractivity contribution in [2.45, 2.75) is 52.2 Å². The molecule has 0 saturated carbocycles. The molecule has 1 amide bonds. The molecule has 0 aromatic rings. The minimum absolute atomic E-state index is 0.210. The second kappa shape index (κ2) is 9.98. The van der Waals surface area contributed by atoms with Gasteiger partial charge in [0.15, 0.2) is 5.96 Å². The second-order valence-electron chi connectivity index (χ2n) is 9.35. The van der Waals surface area contributed by atoms with Gasteiger partial charge < -0.3 is 29.7 Å². The van der Waals surface area contributed by atoms with Gasteiger partial charge in [-0.25, -0.2) is 4.79 Å². The standard InChI is InChI=1S/C21H40N6O2/c1-5-24-10-12-25(13-11-24)9-7-6-8-22-19-23-16-18-17-26(14-15-27(18)19)20(28)29-21(2,3)4/h18H,5-17H2,1-4H3,(H,22,23). The van der Waals surface area contributed by atoms with Crippen LogP contribution < -0.4 is 5.32 Å². The predicted octanol–water partition coefficient (Wildman–Crippen LogP) is 1.28. The third-order valence-electron chi connectivity index (χ3n) is 5.95. The molecule has 0 aliphatic carbocycles. The van der Waals surface area contributed by atoms with E-state index in [0.717, 1.165) is 32.0 Å². The second-order valence-corrected chi connectivity index (χ2v) is 9.35. The smallest absolute Gasteiger partial charge is 0.410 e. The van der Waals surface area contributed by atoms with Crippen LogP contribution in [0.5, 0.6) is 0 Å². The highest BCUT2D eigenvalue weighted by atomic mass is 16.6. The Morgan fingerprint density at radius 1 is 1.10 bits per heavy atom. The Balaban J connectivity index is 1.30. The van der Waals surface area contributed by atoms with Crippen molar-refractivity contribution in [3.05, 3.63) is 0 Å². The molecule has 8 heteroatoms. The minimum Gasteiger partial charge on any atom is -0.444 e. The Morgan fingerprint density at radius 3 is 2.52 bits per heavy atom. The van der Waals surface area contributed by atoms with E-state index in [1.807, 2.05) is 25.7 Å². The van der Waals surface area contributed by atoms with E-state index < -0.39 is 5.60 Å². The van der Waals surface area contributed by atoms with Crippen molar-refractivity contribution in [3.8, 4) is 0 Å². The van der Waals surface area contributed by atoms with Crippen molar-refractivity contribution in [1.29, 1.82) is 0 Å². The first-order valence-corrected chi connectivity index (χ1v) is 11.3.